The maximum absolute atomic E-state index is 5.19. The molecule has 3 heterocycles. The minimum Gasteiger partial charge on any atom is -0.343 e. The fourth-order valence-electron chi connectivity index (χ4n) is 2.46. The van der Waals surface area contributed by atoms with Crippen molar-refractivity contribution < 1.29 is 0 Å². The normalized spacial score (nSPS) is 11.4. The fourth-order valence-corrected chi connectivity index (χ4v) is 3.64. The first kappa shape index (κ1) is 11.8. The zero-order chi connectivity index (χ0) is 13.5. The molecule has 4 rings (SSSR count). The van der Waals surface area contributed by atoms with Crippen molar-refractivity contribution in [3.63, 3.8) is 0 Å². The zero-order valence-electron chi connectivity index (χ0n) is 10.5. The van der Waals surface area contributed by atoms with Crippen LogP contribution < -0.4 is 0 Å². The molecule has 0 aliphatic heterocycles. The maximum Gasteiger partial charge on any atom is 0.159 e. The number of aromatic amines is 1. The molecule has 4 aromatic rings. The largest absolute Gasteiger partial charge is 0.343 e. The lowest BCUT2D eigenvalue weighted by atomic mass is 10.2. The van der Waals surface area contributed by atoms with Crippen molar-refractivity contribution >= 4 is 44.7 Å². The number of hydrogen-bond donors (Lipinski definition) is 1. The molecule has 0 saturated heterocycles. The van der Waals surface area contributed by atoms with E-state index in [1.54, 1.807) is 11.3 Å². The fraction of sp³-hybridized carbons (Fsp3) is 0.0667. The lowest BCUT2D eigenvalue weighted by molar-refractivity contribution is 0.838. The van der Waals surface area contributed by atoms with Crippen molar-refractivity contribution in [1.82, 2.24) is 14.5 Å². The van der Waals surface area contributed by atoms with Gasteiger partial charge in [-0.1, -0.05) is 6.07 Å². The van der Waals surface area contributed by atoms with Gasteiger partial charge in [0.1, 0.15) is 0 Å². The first-order valence-corrected chi connectivity index (χ1v) is 7.53. The average Bonchev–Trinajstić information content (AvgIpc) is 3.02. The quantitative estimate of drug-likeness (QED) is 0.558. The van der Waals surface area contributed by atoms with Crippen LogP contribution in [0.15, 0.2) is 48.9 Å². The van der Waals surface area contributed by atoms with Gasteiger partial charge in [0.15, 0.2) is 3.95 Å². The van der Waals surface area contributed by atoms with E-state index in [1.807, 2.05) is 18.5 Å². The topological polar surface area (TPSA) is 33.6 Å². The highest BCUT2D eigenvalue weighted by molar-refractivity contribution is 7.73. The molecule has 0 atom stereocenters. The van der Waals surface area contributed by atoms with E-state index in [2.05, 4.69) is 45.0 Å². The molecule has 98 valence electrons. The smallest absolute Gasteiger partial charge is 0.159 e. The summed E-state index contributed by atoms with van der Waals surface area (Å²) in [5, 5.41) is 1.17. The molecular weight excluding hydrogens is 286 g/mol. The highest BCUT2D eigenvalue weighted by Crippen LogP contribution is 2.22. The van der Waals surface area contributed by atoms with Gasteiger partial charge < -0.3 is 9.55 Å². The minimum absolute atomic E-state index is 0.828. The molecule has 0 radical (unpaired) electrons. The molecule has 0 amide bonds. The van der Waals surface area contributed by atoms with Crippen LogP contribution in [0.4, 0.5) is 0 Å². The summed E-state index contributed by atoms with van der Waals surface area (Å²) in [4.78, 5) is 7.34. The van der Waals surface area contributed by atoms with Crippen molar-refractivity contribution in [1.29, 1.82) is 0 Å². The lowest BCUT2D eigenvalue weighted by Gasteiger charge is -2.05. The van der Waals surface area contributed by atoms with Crippen LogP contribution in [0.5, 0.6) is 0 Å². The number of thiazole rings is 1. The van der Waals surface area contributed by atoms with Crippen LogP contribution in [-0.2, 0) is 6.54 Å². The maximum atomic E-state index is 5.19. The Hall–Kier alpha value is -1.98. The summed E-state index contributed by atoms with van der Waals surface area (Å²) in [6.07, 6.45) is 5.84. The van der Waals surface area contributed by atoms with Crippen LogP contribution in [-0.4, -0.2) is 14.5 Å². The molecule has 0 fully saturated rings. The van der Waals surface area contributed by atoms with Gasteiger partial charge in [0.2, 0.25) is 0 Å². The van der Waals surface area contributed by atoms with Crippen molar-refractivity contribution in [2.75, 3.05) is 0 Å². The van der Waals surface area contributed by atoms with E-state index in [9.17, 15) is 0 Å². The van der Waals surface area contributed by atoms with Gasteiger partial charge in [-0.2, -0.15) is 0 Å². The van der Waals surface area contributed by atoms with E-state index in [0.717, 1.165) is 16.0 Å². The van der Waals surface area contributed by atoms with Gasteiger partial charge in [0.05, 0.1) is 15.7 Å². The van der Waals surface area contributed by atoms with E-state index in [1.165, 1.54) is 21.2 Å². The van der Waals surface area contributed by atoms with Crippen LogP contribution in [0.1, 0.15) is 5.56 Å². The number of H-pyrrole nitrogens is 1. The predicted molar refractivity (Wildman–Crippen MR) is 85.8 cm³/mol. The molecule has 20 heavy (non-hydrogen) atoms. The molecule has 0 aliphatic carbocycles. The number of rotatable bonds is 2. The predicted octanol–water partition coefficient (Wildman–Crippen LogP) is 4.36. The summed E-state index contributed by atoms with van der Waals surface area (Å²) < 4.78 is 4.28. The average molecular weight is 297 g/mol. The Morgan fingerprint density at radius 2 is 2.20 bits per heavy atom. The number of pyridine rings is 1. The Morgan fingerprint density at radius 1 is 1.25 bits per heavy atom. The Labute approximate surface area is 124 Å². The van der Waals surface area contributed by atoms with Gasteiger partial charge in [-0.15, -0.1) is 11.3 Å². The lowest BCUT2D eigenvalue weighted by Crippen LogP contribution is -1.97. The number of nitrogens with one attached hydrogen (secondary N) is 1. The van der Waals surface area contributed by atoms with E-state index in [-0.39, 0.29) is 0 Å². The molecule has 0 unspecified atom stereocenters. The minimum atomic E-state index is 0.828. The Kier molecular flexibility index (Phi) is 2.68. The highest BCUT2D eigenvalue weighted by atomic mass is 32.1. The monoisotopic (exact) mass is 297 g/mol. The summed E-state index contributed by atoms with van der Waals surface area (Å²) in [6.45, 7) is 0.855. The van der Waals surface area contributed by atoms with E-state index >= 15 is 0 Å². The third kappa shape index (κ3) is 1.95. The van der Waals surface area contributed by atoms with E-state index in [4.69, 9.17) is 12.2 Å². The number of fused-ring (bicyclic) bond motifs is 2. The Balaban J connectivity index is 1.78. The molecule has 3 nitrogen and oxygen atoms in total. The molecule has 3 aromatic heterocycles. The standard InChI is InChI=1S/C15H11N3S2/c19-15-17-12-2-1-10(7-14(12)20-15)9-18-6-4-11-8-16-5-3-13(11)18/h1-8H,9H2,(H,17,19). The number of aromatic nitrogens is 3. The van der Waals surface area contributed by atoms with Crippen LogP contribution in [0.2, 0.25) is 0 Å². The number of nitrogens with zero attached hydrogens (tertiary/aromatic N) is 2. The SMILES string of the molecule is S=c1[nH]c2ccc(Cn3ccc4cnccc43)cc2s1. The van der Waals surface area contributed by atoms with Crippen LogP contribution >= 0.6 is 23.6 Å². The number of hydrogen-bond acceptors (Lipinski definition) is 3. The zero-order valence-corrected chi connectivity index (χ0v) is 12.2. The second kappa shape index (κ2) is 4.54. The van der Waals surface area contributed by atoms with Crippen molar-refractivity contribution in [2.24, 2.45) is 0 Å². The van der Waals surface area contributed by atoms with Crippen LogP contribution in [0.25, 0.3) is 21.1 Å². The van der Waals surface area contributed by atoms with E-state index < -0.39 is 0 Å². The third-order valence-corrected chi connectivity index (χ3v) is 4.61. The molecule has 0 aliphatic rings. The Bertz CT molecular complexity index is 962. The molecule has 1 aromatic carbocycles. The summed E-state index contributed by atoms with van der Waals surface area (Å²) in [7, 11) is 0. The van der Waals surface area contributed by atoms with Gasteiger partial charge in [0.25, 0.3) is 0 Å². The van der Waals surface area contributed by atoms with Gasteiger partial charge in [-0.3, -0.25) is 4.98 Å². The highest BCUT2D eigenvalue weighted by Gasteiger charge is 2.03. The summed E-state index contributed by atoms with van der Waals surface area (Å²) >= 11 is 6.81. The van der Waals surface area contributed by atoms with E-state index in [0.29, 0.717) is 0 Å². The second-order valence-corrected chi connectivity index (χ2v) is 6.44. The first-order valence-electron chi connectivity index (χ1n) is 6.30. The van der Waals surface area contributed by atoms with Gasteiger partial charge >= 0.3 is 0 Å². The number of benzene rings is 1. The molecule has 0 spiro atoms. The van der Waals surface area contributed by atoms with Gasteiger partial charge in [-0.25, -0.2) is 0 Å². The summed E-state index contributed by atoms with van der Waals surface area (Å²) in [6, 6.07) is 10.6. The molecule has 1 N–H and O–H groups in total. The Morgan fingerprint density at radius 3 is 3.15 bits per heavy atom. The summed E-state index contributed by atoms with van der Waals surface area (Å²) in [5.74, 6) is 0. The molecule has 0 bridgehead atoms. The molecule has 5 heteroatoms. The first-order chi connectivity index (χ1) is 9.79. The van der Waals surface area contributed by atoms with Crippen LogP contribution in [0, 0.1) is 3.95 Å². The second-order valence-electron chi connectivity index (χ2n) is 4.72. The van der Waals surface area contributed by atoms with Crippen molar-refractivity contribution in [3.8, 4) is 0 Å². The van der Waals surface area contributed by atoms with Gasteiger partial charge in [0, 0.05) is 30.5 Å². The van der Waals surface area contributed by atoms with Crippen LogP contribution in [0.3, 0.4) is 0 Å². The molecular formula is C15H11N3S2. The van der Waals surface area contributed by atoms with Gasteiger partial charge in [-0.05, 0) is 42.0 Å². The third-order valence-electron chi connectivity index (χ3n) is 3.41. The van der Waals surface area contributed by atoms with Crippen molar-refractivity contribution in [2.45, 2.75) is 6.54 Å². The molecule has 0 saturated carbocycles. The van der Waals surface area contributed by atoms with Crippen molar-refractivity contribution in [3.05, 3.63) is 58.4 Å². The summed E-state index contributed by atoms with van der Waals surface area (Å²) in [5.41, 5.74) is 3.60.